The van der Waals surface area contributed by atoms with E-state index >= 15 is 0 Å². The molecule has 0 spiro atoms. The highest BCUT2D eigenvalue weighted by atomic mass is 19.1. The second-order valence-electron chi connectivity index (χ2n) is 5.77. The summed E-state index contributed by atoms with van der Waals surface area (Å²) in [6, 6.07) is 8.91. The molecule has 1 heterocycles. The van der Waals surface area contributed by atoms with Crippen molar-refractivity contribution in [3.05, 3.63) is 59.1 Å². The Balaban J connectivity index is 1.74. The first-order valence-electron chi connectivity index (χ1n) is 8.05. The van der Waals surface area contributed by atoms with Crippen LogP contribution in [0.3, 0.4) is 0 Å². The number of rotatable bonds is 6. The second kappa shape index (κ2) is 7.49. The summed E-state index contributed by atoms with van der Waals surface area (Å²) in [6.07, 6.45) is 0. The maximum absolute atomic E-state index is 13.7. The molecule has 6 nitrogen and oxygen atoms in total. The van der Waals surface area contributed by atoms with Gasteiger partial charge in [-0.1, -0.05) is 0 Å². The number of halogens is 1. The van der Waals surface area contributed by atoms with Crippen molar-refractivity contribution in [2.24, 2.45) is 0 Å². The minimum absolute atomic E-state index is 0.00645. The Bertz CT molecular complexity index is 1020. The van der Waals surface area contributed by atoms with Crippen LogP contribution in [0.15, 0.2) is 40.8 Å². The lowest BCUT2D eigenvalue weighted by Crippen LogP contribution is -2.14. The molecule has 0 bridgehead atoms. The van der Waals surface area contributed by atoms with Gasteiger partial charge in [0.05, 0.1) is 14.2 Å². The average molecular weight is 372 g/mol. The molecule has 140 valence electrons. The van der Waals surface area contributed by atoms with E-state index in [1.54, 1.807) is 32.2 Å². The van der Waals surface area contributed by atoms with E-state index in [0.29, 0.717) is 22.3 Å². The number of carbonyl (C=O) groups is 2. The van der Waals surface area contributed by atoms with Gasteiger partial charge in [0.1, 0.15) is 11.3 Å². The molecule has 0 saturated heterocycles. The van der Waals surface area contributed by atoms with Crippen LogP contribution in [-0.2, 0) is 4.74 Å². The van der Waals surface area contributed by atoms with Crippen molar-refractivity contribution in [1.29, 1.82) is 0 Å². The van der Waals surface area contributed by atoms with Gasteiger partial charge >= 0.3 is 5.97 Å². The number of furan rings is 1. The Kier molecular flexibility index (Phi) is 5.12. The molecule has 0 unspecified atom stereocenters. The third-order valence-corrected chi connectivity index (χ3v) is 4.14. The third-order valence-electron chi connectivity index (χ3n) is 4.14. The van der Waals surface area contributed by atoms with E-state index in [1.165, 1.54) is 19.2 Å². The third kappa shape index (κ3) is 3.62. The zero-order valence-electron chi connectivity index (χ0n) is 15.0. The summed E-state index contributed by atoms with van der Waals surface area (Å²) >= 11 is 0. The number of methoxy groups -OCH3 is 2. The van der Waals surface area contributed by atoms with Crippen LogP contribution in [0.25, 0.3) is 11.0 Å². The lowest BCUT2D eigenvalue weighted by atomic mass is 10.1. The molecule has 0 aliphatic heterocycles. The van der Waals surface area contributed by atoms with Crippen molar-refractivity contribution >= 4 is 22.7 Å². The van der Waals surface area contributed by atoms with E-state index in [0.717, 1.165) is 6.07 Å². The quantitative estimate of drug-likeness (QED) is 0.482. The first-order chi connectivity index (χ1) is 12.9. The minimum atomic E-state index is -0.773. The van der Waals surface area contributed by atoms with E-state index < -0.39 is 24.2 Å². The Hall–Kier alpha value is -3.35. The fourth-order valence-corrected chi connectivity index (χ4v) is 2.64. The molecule has 0 aliphatic rings. The van der Waals surface area contributed by atoms with Crippen LogP contribution in [-0.4, -0.2) is 32.6 Å². The summed E-state index contributed by atoms with van der Waals surface area (Å²) in [5.74, 6) is -1.33. The number of hydrogen-bond acceptors (Lipinski definition) is 6. The molecule has 0 amide bonds. The summed E-state index contributed by atoms with van der Waals surface area (Å²) in [6.45, 7) is 1.17. The average Bonchev–Trinajstić information content (AvgIpc) is 3.01. The summed E-state index contributed by atoms with van der Waals surface area (Å²) in [4.78, 5) is 24.4. The van der Waals surface area contributed by atoms with E-state index in [2.05, 4.69) is 0 Å². The van der Waals surface area contributed by atoms with Crippen LogP contribution in [0.2, 0.25) is 0 Å². The van der Waals surface area contributed by atoms with Crippen molar-refractivity contribution in [1.82, 2.24) is 0 Å². The maximum Gasteiger partial charge on any atom is 0.375 e. The topological polar surface area (TPSA) is 75.0 Å². The van der Waals surface area contributed by atoms with Gasteiger partial charge in [-0.2, -0.15) is 0 Å². The molecule has 0 fully saturated rings. The van der Waals surface area contributed by atoms with Crippen molar-refractivity contribution in [3.8, 4) is 11.5 Å². The number of benzene rings is 2. The summed E-state index contributed by atoms with van der Waals surface area (Å²) in [5.41, 5.74) is 1.16. The van der Waals surface area contributed by atoms with Gasteiger partial charge in [0, 0.05) is 16.5 Å². The lowest BCUT2D eigenvalue weighted by Gasteiger charge is -2.05. The molecular formula is C20H17FO6. The molecule has 1 aromatic heterocycles. The van der Waals surface area contributed by atoms with Crippen molar-refractivity contribution in [2.75, 3.05) is 20.8 Å². The highest BCUT2D eigenvalue weighted by molar-refractivity contribution is 6.00. The molecule has 0 radical (unpaired) electrons. The highest BCUT2D eigenvalue weighted by Crippen LogP contribution is 2.29. The second-order valence-corrected chi connectivity index (χ2v) is 5.77. The van der Waals surface area contributed by atoms with E-state index in [-0.39, 0.29) is 17.1 Å². The highest BCUT2D eigenvalue weighted by Gasteiger charge is 2.21. The van der Waals surface area contributed by atoms with Crippen LogP contribution in [0.4, 0.5) is 4.39 Å². The number of Topliss-reactive ketones (excluding diaryl/α,β-unsaturated/α-hetero) is 1. The van der Waals surface area contributed by atoms with Crippen molar-refractivity contribution < 1.29 is 32.6 Å². The van der Waals surface area contributed by atoms with Crippen LogP contribution in [0, 0.1) is 12.7 Å². The van der Waals surface area contributed by atoms with E-state index in [1.807, 2.05) is 0 Å². The molecular weight excluding hydrogens is 355 g/mol. The van der Waals surface area contributed by atoms with Crippen LogP contribution in [0.1, 0.15) is 26.5 Å². The lowest BCUT2D eigenvalue weighted by molar-refractivity contribution is 0.0445. The number of ketones is 1. The number of ether oxygens (including phenoxy) is 3. The molecule has 0 N–H and O–H groups in total. The van der Waals surface area contributed by atoms with Crippen LogP contribution in [0.5, 0.6) is 11.5 Å². The number of aryl methyl sites for hydroxylation is 1. The summed E-state index contributed by atoms with van der Waals surface area (Å²) in [5, 5.41) is 0.713. The standard InChI is InChI=1S/C20H17FO6/c1-11-14-9-13(24-2)5-7-17(14)27-19(11)20(23)26-10-16(22)12-4-6-18(25-3)15(21)8-12/h4-9H,10H2,1-3H3. The fourth-order valence-electron chi connectivity index (χ4n) is 2.64. The van der Waals surface area contributed by atoms with Crippen LogP contribution >= 0.6 is 0 Å². The van der Waals surface area contributed by atoms with Gasteiger partial charge in [0.2, 0.25) is 5.76 Å². The Morgan fingerprint density at radius 3 is 2.52 bits per heavy atom. The SMILES string of the molecule is COc1ccc2oc(C(=O)OCC(=O)c3ccc(OC)c(F)c3)c(C)c2c1. The predicted octanol–water partition coefficient (Wildman–Crippen LogP) is 3.94. The molecule has 3 rings (SSSR count). The Morgan fingerprint density at radius 1 is 1.07 bits per heavy atom. The van der Waals surface area contributed by atoms with Crippen molar-refractivity contribution in [3.63, 3.8) is 0 Å². The van der Waals surface area contributed by atoms with Crippen LogP contribution < -0.4 is 9.47 Å². The first-order valence-corrected chi connectivity index (χ1v) is 8.05. The maximum atomic E-state index is 13.7. The monoisotopic (exact) mass is 372 g/mol. The zero-order chi connectivity index (χ0) is 19.6. The normalized spacial score (nSPS) is 10.7. The van der Waals surface area contributed by atoms with Gasteiger partial charge < -0.3 is 18.6 Å². The molecule has 2 aromatic carbocycles. The van der Waals surface area contributed by atoms with E-state index in [4.69, 9.17) is 18.6 Å². The molecule has 0 atom stereocenters. The number of fused-ring (bicyclic) bond motifs is 1. The van der Waals surface area contributed by atoms with Gasteiger partial charge in [-0.25, -0.2) is 9.18 Å². The molecule has 27 heavy (non-hydrogen) atoms. The predicted molar refractivity (Wildman–Crippen MR) is 95.1 cm³/mol. The molecule has 0 aliphatic carbocycles. The number of esters is 1. The largest absolute Gasteiger partial charge is 0.497 e. The fraction of sp³-hybridized carbons (Fsp3) is 0.200. The minimum Gasteiger partial charge on any atom is -0.497 e. The Labute approximate surface area is 154 Å². The van der Waals surface area contributed by atoms with Gasteiger partial charge in [0.25, 0.3) is 0 Å². The van der Waals surface area contributed by atoms with Gasteiger partial charge in [-0.05, 0) is 43.3 Å². The zero-order valence-corrected chi connectivity index (χ0v) is 15.0. The van der Waals surface area contributed by atoms with Gasteiger partial charge in [-0.3, -0.25) is 4.79 Å². The van der Waals surface area contributed by atoms with E-state index in [9.17, 15) is 14.0 Å². The first kappa shape index (κ1) is 18.4. The smallest absolute Gasteiger partial charge is 0.375 e. The molecule has 3 aromatic rings. The summed E-state index contributed by atoms with van der Waals surface area (Å²) < 4.78 is 34.2. The number of carbonyl (C=O) groups excluding carboxylic acids is 2. The number of hydrogen-bond donors (Lipinski definition) is 0. The van der Waals surface area contributed by atoms with Gasteiger partial charge in [0.15, 0.2) is 24.0 Å². The molecule has 0 saturated carbocycles. The van der Waals surface area contributed by atoms with Crippen molar-refractivity contribution in [2.45, 2.75) is 6.92 Å². The molecule has 7 heteroatoms. The Morgan fingerprint density at radius 2 is 1.85 bits per heavy atom. The van der Waals surface area contributed by atoms with Gasteiger partial charge in [-0.15, -0.1) is 0 Å². The summed E-state index contributed by atoms with van der Waals surface area (Å²) in [7, 11) is 2.87.